The van der Waals surface area contributed by atoms with E-state index in [0.29, 0.717) is 51.7 Å². The van der Waals surface area contributed by atoms with Gasteiger partial charge in [0, 0.05) is 50.6 Å². The average molecular weight is 743 g/mol. The molecule has 4 saturated heterocycles. The topological polar surface area (TPSA) is 123 Å². The second-order valence-corrected chi connectivity index (χ2v) is 16.5. The van der Waals surface area contributed by atoms with Crippen LogP contribution in [0.5, 0.6) is 6.01 Å². The molecule has 1 spiro atoms. The molecular formula is C35H35F5N8O3S. The highest BCUT2D eigenvalue weighted by Crippen LogP contribution is 2.53. The molecule has 6 fully saturated rings. The van der Waals surface area contributed by atoms with Crippen LogP contribution in [-0.4, -0.2) is 97.7 Å². The summed E-state index contributed by atoms with van der Waals surface area (Å²) in [6.07, 6.45) is 2.68. The van der Waals surface area contributed by atoms with Gasteiger partial charge in [0.15, 0.2) is 10.9 Å². The van der Waals surface area contributed by atoms with E-state index in [-0.39, 0.29) is 75.0 Å². The molecule has 7 heterocycles. The van der Waals surface area contributed by atoms with E-state index in [1.807, 2.05) is 0 Å². The van der Waals surface area contributed by atoms with Crippen LogP contribution in [0.25, 0.3) is 32.4 Å². The number of pyridine rings is 1. The first-order valence-electron chi connectivity index (χ1n) is 17.8. The number of nitrogens with zero attached hydrogens (tertiary/aromatic N) is 7. The molecular weight excluding hydrogens is 707 g/mol. The standard InChI is InChI=1S/C35H35F5N8O3S/c36-17-12-34(6-1-9-46(34)14-17)16-51-32-43-25-22(28(44-32)45-10-7-33(15-45)8-11-47(33)29(49)20-13-35(20,39)40)30(50)48(18-2-3-18)26(23(25)38)19-4-5-21(37)27-24(19)42-31(41)52-27/h4-5,17-18,20H,1-3,6-16H2,(H2,41,42)/t17-,20?,33?,34+/m1/s1. The molecule has 4 aromatic rings. The van der Waals surface area contributed by atoms with Crippen LogP contribution in [0.4, 0.5) is 32.9 Å². The number of benzene rings is 1. The molecule has 2 unspecified atom stereocenters. The fraction of sp³-hybridized carbons (Fsp3) is 0.571. The van der Waals surface area contributed by atoms with Crippen LogP contribution >= 0.6 is 11.3 Å². The second kappa shape index (κ2) is 11.0. The Balaban J connectivity index is 1.12. The number of anilines is 2. The summed E-state index contributed by atoms with van der Waals surface area (Å²) >= 11 is 0.923. The molecule has 4 aliphatic heterocycles. The number of halogens is 5. The van der Waals surface area contributed by atoms with Gasteiger partial charge in [-0.1, -0.05) is 11.3 Å². The highest BCUT2D eigenvalue weighted by molar-refractivity contribution is 7.22. The van der Waals surface area contributed by atoms with Crippen molar-refractivity contribution in [3.63, 3.8) is 0 Å². The summed E-state index contributed by atoms with van der Waals surface area (Å²) < 4.78 is 82.5. The molecule has 52 heavy (non-hydrogen) atoms. The lowest BCUT2D eigenvalue weighted by Gasteiger charge is -2.50. The van der Waals surface area contributed by atoms with Crippen molar-refractivity contribution < 1.29 is 31.5 Å². The number of amides is 1. The maximum atomic E-state index is 17.4. The molecule has 274 valence electrons. The van der Waals surface area contributed by atoms with Crippen LogP contribution < -0.4 is 20.9 Å². The van der Waals surface area contributed by atoms with Crippen molar-refractivity contribution in [2.75, 3.05) is 50.0 Å². The summed E-state index contributed by atoms with van der Waals surface area (Å²) in [5.74, 6) is -6.19. The van der Waals surface area contributed by atoms with Gasteiger partial charge in [-0.05, 0) is 57.2 Å². The van der Waals surface area contributed by atoms with Crippen LogP contribution in [0.2, 0.25) is 0 Å². The van der Waals surface area contributed by atoms with Gasteiger partial charge in [0.05, 0.1) is 27.0 Å². The largest absolute Gasteiger partial charge is 0.461 e. The Labute approximate surface area is 297 Å². The molecule has 6 aliphatic rings. The molecule has 3 aromatic heterocycles. The molecule has 10 rings (SSSR count). The van der Waals surface area contributed by atoms with E-state index in [2.05, 4.69) is 14.9 Å². The fourth-order valence-corrected chi connectivity index (χ4v) is 10.1. The first-order valence-corrected chi connectivity index (χ1v) is 18.7. The summed E-state index contributed by atoms with van der Waals surface area (Å²) in [5.41, 5.74) is 4.05. The summed E-state index contributed by atoms with van der Waals surface area (Å²) in [6.45, 7) is 1.97. The van der Waals surface area contributed by atoms with Crippen LogP contribution in [0, 0.1) is 17.6 Å². The van der Waals surface area contributed by atoms with E-state index in [0.717, 1.165) is 24.3 Å². The Morgan fingerprint density at radius 1 is 1.04 bits per heavy atom. The number of ether oxygens (including phenoxy) is 1. The molecule has 2 N–H and O–H groups in total. The van der Waals surface area contributed by atoms with E-state index in [9.17, 15) is 27.2 Å². The van der Waals surface area contributed by atoms with E-state index in [1.54, 1.807) is 4.90 Å². The quantitative estimate of drug-likeness (QED) is 0.259. The number of likely N-dealkylation sites (tertiary alicyclic amines) is 1. The Bertz CT molecular complexity index is 2270. The molecule has 11 nitrogen and oxygen atoms in total. The van der Waals surface area contributed by atoms with Crippen LogP contribution in [0.15, 0.2) is 16.9 Å². The van der Waals surface area contributed by atoms with E-state index >= 15 is 4.39 Å². The molecule has 4 atom stereocenters. The lowest BCUT2D eigenvalue weighted by atomic mass is 9.83. The van der Waals surface area contributed by atoms with Crippen molar-refractivity contribution in [3.8, 4) is 17.3 Å². The van der Waals surface area contributed by atoms with E-state index in [1.165, 1.54) is 21.6 Å². The second-order valence-electron chi connectivity index (χ2n) is 15.5. The summed E-state index contributed by atoms with van der Waals surface area (Å²) in [4.78, 5) is 46.8. The Hall–Kier alpha value is -4.12. The van der Waals surface area contributed by atoms with Crippen molar-refractivity contribution in [2.24, 2.45) is 5.92 Å². The predicted molar refractivity (Wildman–Crippen MR) is 183 cm³/mol. The van der Waals surface area contributed by atoms with Gasteiger partial charge >= 0.3 is 6.01 Å². The number of fused-ring (bicyclic) bond motifs is 3. The zero-order valence-corrected chi connectivity index (χ0v) is 28.8. The van der Waals surface area contributed by atoms with Gasteiger partial charge in [-0.3, -0.25) is 14.5 Å². The third kappa shape index (κ3) is 4.72. The maximum absolute atomic E-state index is 17.4. The SMILES string of the molecule is Nc1nc2c(-c3c(F)c4nc(OC[C@@]56CCCN5C[C@H](F)C6)nc(N5CCC6(CCN6C(=O)C6CC6(F)F)C5)c4c(=O)n3C3CC3)ccc(F)c2s1. The molecule has 1 amide bonds. The molecule has 0 bridgehead atoms. The molecule has 2 aliphatic carbocycles. The van der Waals surface area contributed by atoms with Crippen molar-refractivity contribution in [2.45, 2.75) is 80.6 Å². The highest BCUT2D eigenvalue weighted by Gasteiger charge is 2.65. The zero-order chi connectivity index (χ0) is 35.9. The number of hydrogen-bond acceptors (Lipinski definition) is 10. The van der Waals surface area contributed by atoms with Gasteiger partial charge in [0.25, 0.3) is 11.5 Å². The van der Waals surface area contributed by atoms with Crippen LogP contribution in [0.1, 0.15) is 57.4 Å². The Kier molecular flexibility index (Phi) is 6.86. The number of nitrogen functional groups attached to an aromatic ring is 1. The predicted octanol–water partition coefficient (Wildman–Crippen LogP) is 5.06. The van der Waals surface area contributed by atoms with Gasteiger partial charge in [-0.25, -0.2) is 26.9 Å². The first-order chi connectivity index (χ1) is 24.9. The van der Waals surface area contributed by atoms with Gasteiger partial charge < -0.3 is 24.8 Å². The smallest absolute Gasteiger partial charge is 0.319 e. The lowest BCUT2D eigenvalue weighted by molar-refractivity contribution is -0.149. The Morgan fingerprint density at radius 2 is 1.83 bits per heavy atom. The monoisotopic (exact) mass is 742 g/mol. The molecule has 17 heteroatoms. The van der Waals surface area contributed by atoms with Gasteiger partial charge in [-0.2, -0.15) is 9.97 Å². The number of alkyl halides is 3. The maximum Gasteiger partial charge on any atom is 0.319 e. The van der Waals surface area contributed by atoms with Crippen molar-refractivity contribution in [1.29, 1.82) is 0 Å². The summed E-state index contributed by atoms with van der Waals surface area (Å²) in [6, 6.07) is 2.05. The third-order valence-corrected chi connectivity index (χ3v) is 13.2. The van der Waals surface area contributed by atoms with E-state index < -0.39 is 58.6 Å². The van der Waals surface area contributed by atoms with Crippen molar-refractivity contribution >= 4 is 49.3 Å². The third-order valence-electron chi connectivity index (χ3n) is 12.3. The molecule has 2 saturated carbocycles. The number of nitrogens with two attached hydrogens (primary N) is 1. The minimum absolute atomic E-state index is 0.0600. The highest BCUT2D eigenvalue weighted by atomic mass is 32.1. The zero-order valence-electron chi connectivity index (χ0n) is 28.0. The lowest BCUT2D eigenvalue weighted by Crippen LogP contribution is -2.64. The number of carbonyl (C=O) groups excluding carboxylic acids is 1. The normalized spacial score (nSPS) is 29.4. The van der Waals surface area contributed by atoms with Gasteiger partial charge in [0.1, 0.15) is 41.2 Å². The molecule has 1 aromatic carbocycles. The summed E-state index contributed by atoms with van der Waals surface area (Å²) in [7, 11) is 0. The number of hydrogen-bond donors (Lipinski definition) is 1. The number of aromatic nitrogens is 4. The minimum Gasteiger partial charge on any atom is -0.461 e. The van der Waals surface area contributed by atoms with Crippen molar-refractivity contribution in [3.05, 3.63) is 34.1 Å². The van der Waals surface area contributed by atoms with E-state index in [4.69, 9.17) is 15.5 Å². The number of rotatable bonds is 7. The fourth-order valence-electron chi connectivity index (χ4n) is 9.29. The average Bonchev–Trinajstić information content (AvgIpc) is 3.76. The number of carbonyl (C=O) groups is 1. The molecule has 0 radical (unpaired) electrons. The number of thiazole rings is 1. The van der Waals surface area contributed by atoms with Crippen molar-refractivity contribution in [1.82, 2.24) is 29.3 Å². The van der Waals surface area contributed by atoms with Crippen LogP contribution in [-0.2, 0) is 4.79 Å². The minimum atomic E-state index is -3.00. The van der Waals surface area contributed by atoms with Crippen LogP contribution in [0.3, 0.4) is 0 Å². The van der Waals surface area contributed by atoms with Gasteiger partial charge in [-0.15, -0.1) is 0 Å². The van der Waals surface area contributed by atoms with Gasteiger partial charge in [0.2, 0.25) is 5.91 Å². The summed E-state index contributed by atoms with van der Waals surface area (Å²) in [5, 5.41) is 0.00721. The first kappa shape index (κ1) is 32.5. The Morgan fingerprint density at radius 3 is 2.56 bits per heavy atom.